The second-order valence-corrected chi connectivity index (χ2v) is 16.9. The summed E-state index contributed by atoms with van der Waals surface area (Å²) in [4.78, 5) is 38.0. The predicted molar refractivity (Wildman–Crippen MR) is 257 cm³/mol. The lowest BCUT2D eigenvalue weighted by atomic mass is 10.1. The number of ether oxygens (including phenoxy) is 3. The molecule has 0 aliphatic rings. The average molecular weight is 870 g/mol. The SMILES string of the molecule is COCCOC(=O)CCc1ccc(N(c2ccccc2)c2ccc(-c3ccc(-c4ccc(-c5ccc(N(c6ccccc6)c6ccc(CCC(=O)OC)cc6)cc5)s4)s3)cn2)cc1. The van der Waals surface area contributed by atoms with Crippen molar-refractivity contribution < 1.29 is 23.8 Å². The smallest absolute Gasteiger partial charge is 0.306 e. The third-order valence-electron chi connectivity index (χ3n) is 10.6. The summed E-state index contributed by atoms with van der Waals surface area (Å²) in [7, 11) is 3.01. The number of hydrogen-bond acceptors (Lipinski definition) is 10. The van der Waals surface area contributed by atoms with Gasteiger partial charge in [0.15, 0.2) is 0 Å². The Hall–Kier alpha value is -6.85. The van der Waals surface area contributed by atoms with Crippen LogP contribution >= 0.6 is 22.7 Å². The first-order valence-corrected chi connectivity index (χ1v) is 22.5. The topological polar surface area (TPSA) is 81.2 Å². The fourth-order valence-electron chi connectivity index (χ4n) is 7.23. The first-order chi connectivity index (χ1) is 30.9. The van der Waals surface area contributed by atoms with Crippen LogP contribution in [0.3, 0.4) is 0 Å². The van der Waals surface area contributed by atoms with Crippen molar-refractivity contribution in [2.75, 3.05) is 37.2 Å². The zero-order valence-corrected chi connectivity index (χ0v) is 36.8. The molecule has 10 heteroatoms. The molecule has 3 heterocycles. The van der Waals surface area contributed by atoms with E-state index in [-0.39, 0.29) is 18.5 Å². The number of esters is 2. The van der Waals surface area contributed by atoms with Gasteiger partial charge in [-0.25, -0.2) is 4.98 Å². The van der Waals surface area contributed by atoms with E-state index in [4.69, 9.17) is 19.2 Å². The van der Waals surface area contributed by atoms with E-state index in [0.29, 0.717) is 32.3 Å². The van der Waals surface area contributed by atoms with Gasteiger partial charge in [-0.3, -0.25) is 14.5 Å². The Bertz CT molecular complexity index is 2700. The lowest BCUT2D eigenvalue weighted by Crippen LogP contribution is -2.12. The van der Waals surface area contributed by atoms with E-state index in [0.717, 1.165) is 61.4 Å². The van der Waals surface area contributed by atoms with Gasteiger partial charge in [0.1, 0.15) is 12.4 Å². The van der Waals surface area contributed by atoms with Crippen molar-refractivity contribution in [3.63, 3.8) is 0 Å². The Balaban J connectivity index is 0.955. The minimum atomic E-state index is -0.228. The molecule has 0 unspecified atom stereocenters. The summed E-state index contributed by atoms with van der Waals surface area (Å²) in [6.07, 6.45) is 3.86. The molecule has 0 aliphatic carbocycles. The molecule has 5 aromatic carbocycles. The van der Waals surface area contributed by atoms with Crippen molar-refractivity contribution in [1.82, 2.24) is 4.98 Å². The highest BCUT2D eigenvalue weighted by molar-refractivity contribution is 7.25. The number of hydrogen-bond donors (Lipinski definition) is 0. The molecule has 0 atom stereocenters. The molecule has 8 aromatic rings. The number of pyridine rings is 1. The standard InChI is InChI=1S/C53H47N3O5S2/c1-59-35-36-61-53(58)34-18-39-15-24-46(25-16-39)56(43-11-7-4-8-12-43)51-32-21-41(37-54-51)48-29-31-50(63-48)49-30-28-47(62-49)40-19-26-45(27-20-40)55(42-9-5-3-6-10-42)44-22-13-38(14-23-44)17-33-52(57)60-2/h3-16,19-32,37H,17-18,33-36H2,1-2H3. The van der Waals surface area contributed by atoms with Crippen LogP contribution in [0.2, 0.25) is 0 Å². The molecule has 0 saturated carbocycles. The van der Waals surface area contributed by atoms with Gasteiger partial charge >= 0.3 is 11.9 Å². The number of rotatable bonds is 18. The van der Waals surface area contributed by atoms with Gasteiger partial charge in [0.05, 0.1) is 13.7 Å². The van der Waals surface area contributed by atoms with Gasteiger partial charge in [-0.2, -0.15) is 0 Å². The fraction of sp³-hybridized carbons (Fsp3) is 0.151. The number of carbonyl (C=O) groups is 2. The van der Waals surface area contributed by atoms with E-state index in [2.05, 4.69) is 155 Å². The van der Waals surface area contributed by atoms with Crippen molar-refractivity contribution in [2.45, 2.75) is 25.7 Å². The van der Waals surface area contributed by atoms with Crippen molar-refractivity contribution >= 4 is 68.9 Å². The van der Waals surface area contributed by atoms with Gasteiger partial charge in [0, 0.05) is 79.7 Å². The number of methoxy groups -OCH3 is 2. The zero-order chi connectivity index (χ0) is 43.4. The average Bonchev–Trinajstić information content (AvgIpc) is 4.04. The maximum atomic E-state index is 12.1. The van der Waals surface area contributed by atoms with Crippen LogP contribution in [0.25, 0.3) is 30.6 Å². The molecule has 8 rings (SSSR count). The van der Waals surface area contributed by atoms with E-state index in [1.807, 2.05) is 30.5 Å². The quantitative estimate of drug-likeness (QED) is 0.0623. The third kappa shape index (κ3) is 10.8. The normalized spacial score (nSPS) is 11.0. The summed E-state index contributed by atoms with van der Waals surface area (Å²) >= 11 is 3.55. The zero-order valence-electron chi connectivity index (χ0n) is 35.2. The van der Waals surface area contributed by atoms with Crippen molar-refractivity contribution in [3.8, 4) is 30.6 Å². The van der Waals surface area contributed by atoms with Gasteiger partial charge in [0.25, 0.3) is 0 Å². The number of anilines is 6. The monoisotopic (exact) mass is 869 g/mol. The van der Waals surface area contributed by atoms with E-state index in [1.165, 1.54) is 21.7 Å². The molecular formula is C53H47N3O5S2. The molecule has 0 amide bonds. The number of para-hydroxylation sites is 2. The van der Waals surface area contributed by atoms with Gasteiger partial charge in [-0.15, -0.1) is 22.7 Å². The number of nitrogens with zero attached hydrogens (tertiary/aromatic N) is 3. The molecule has 0 bridgehead atoms. The van der Waals surface area contributed by atoms with Crippen molar-refractivity contribution in [1.29, 1.82) is 0 Å². The highest BCUT2D eigenvalue weighted by Crippen LogP contribution is 2.42. The summed E-state index contributed by atoms with van der Waals surface area (Å²) in [6.45, 7) is 0.661. The van der Waals surface area contributed by atoms with Crippen LogP contribution in [0, 0.1) is 0 Å². The van der Waals surface area contributed by atoms with Gasteiger partial charge in [-0.1, -0.05) is 72.8 Å². The molecule has 3 aromatic heterocycles. The Kier molecular flexibility index (Phi) is 14.1. The van der Waals surface area contributed by atoms with Crippen molar-refractivity contribution in [3.05, 3.63) is 187 Å². The van der Waals surface area contributed by atoms with Crippen LogP contribution in [-0.4, -0.2) is 44.4 Å². The first-order valence-electron chi connectivity index (χ1n) is 20.8. The maximum Gasteiger partial charge on any atom is 0.306 e. The lowest BCUT2D eigenvalue weighted by Gasteiger charge is -2.25. The highest BCUT2D eigenvalue weighted by Gasteiger charge is 2.17. The number of aryl methyl sites for hydroxylation is 2. The number of thiophene rings is 2. The van der Waals surface area contributed by atoms with Crippen LogP contribution in [0.15, 0.2) is 176 Å². The van der Waals surface area contributed by atoms with E-state index in [9.17, 15) is 9.59 Å². The minimum Gasteiger partial charge on any atom is -0.469 e. The Morgan fingerprint density at radius 1 is 0.476 bits per heavy atom. The van der Waals surface area contributed by atoms with Gasteiger partial charge < -0.3 is 19.1 Å². The molecule has 0 spiro atoms. The summed E-state index contributed by atoms with van der Waals surface area (Å²) in [6, 6.07) is 58.9. The van der Waals surface area contributed by atoms with Crippen LogP contribution in [0.1, 0.15) is 24.0 Å². The molecular weight excluding hydrogens is 823 g/mol. The summed E-state index contributed by atoms with van der Waals surface area (Å²) in [5, 5.41) is 0. The molecule has 0 saturated heterocycles. The number of aromatic nitrogens is 1. The van der Waals surface area contributed by atoms with Crippen LogP contribution in [0.5, 0.6) is 0 Å². The minimum absolute atomic E-state index is 0.205. The predicted octanol–water partition coefficient (Wildman–Crippen LogP) is 13.4. The second-order valence-electron chi connectivity index (χ2n) is 14.7. The number of carbonyl (C=O) groups excluding carboxylic acids is 2. The third-order valence-corrected chi connectivity index (χ3v) is 13.0. The molecule has 316 valence electrons. The first kappa shape index (κ1) is 42.8. The fourth-order valence-corrected chi connectivity index (χ4v) is 9.33. The van der Waals surface area contributed by atoms with E-state index >= 15 is 0 Å². The van der Waals surface area contributed by atoms with E-state index in [1.54, 1.807) is 29.8 Å². The second kappa shape index (κ2) is 20.8. The molecule has 0 radical (unpaired) electrons. The maximum absolute atomic E-state index is 12.1. The Morgan fingerprint density at radius 2 is 0.937 bits per heavy atom. The van der Waals surface area contributed by atoms with Crippen LogP contribution in [0.4, 0.5) is 34.3 Å². The molecule has 63 heavy (non-hydrogen) atoms. The lowest BCUT2D eigenvalue weighted by molar-refractivity contribution is -0.145. The molecule has 0 N–H and O–H groups in total. The van der Waals surface area contributed by atoms with Crippen molar-refractivity contribution in [2.24, 2.45) is 0 Å². The van der Waals surface area contributed by atoms with Gasteiger partial charge in [0.2, 0.25) is 0 Å². The van der Waals surface area contributed by atoms with Crippen LogP contribution < -0.4 is 9.80 Å². The number of benzene rings is 5. The Labute approximate surface area is 376 Å². The summed E-state index contributed by atoms with van der Waals surface area (Å²) in [5.74, 6) is 0.375. The molecule has 0 aliphatic heterocycles. The molecule has 8 nitrogen and oxygen atoms in total. The van der Waals surface area contributed by atoms with Crippen LogP contribution in [-0.2, 0) is 36.6 Å². The Morgan fingerprint density at radius 3 is 1.46 bits per heavy atom. The summed E-state index contributed by atoms with van der Waals surface area (Å²) < 4.78 is 15.0. The van der Waals surface area contributed by atoms with E-state index < -0.39 is 0 Å². The largest absolute Gasteiger partial charge is 0.469 e. The highest BCUT2D eigenvalue weighted by atomic mass is 32.1. The summed E-state index contributed by atoms with van der Waals surface area (Å²) in [5.41, 5.74) is 9.51. The molecule has 0 fully saturated rings. The van der Waals surface area contributed by atoms with Gasteiger partial charge in [-0.05, 0) is 127 Å².